The van der Waals surface area contributed by atoms with Gasteiger partial charge in [-0.2, -0.15) is 0 Å². The zero-order chi connectivity index (χ0) is 19.3. The van der Waals surface area contributed by atoms with E-state index in [1.165, 1.54) is 5.39 Å². The Hall–Kier alpha value is -3.67. The highest BCUT2D eigenvalue weighted by Crippen LogP contribution is 2.35. The van der Waals surface area contributed by atoms with Crippen LogP contribution in [0.4, 0.5) is 23.0 Å². The number of nitrogens with zero attached hydrogens (tertiary/aromatic N) is 4. The van der Waals surface area contributed by atoms with Gasteiger partial charge in [0.1, 0.15) is 12.0 Å². The Labute approximate surface area is 164 Å². The summed E-state index contributed by atoms with van der Waals surface area (Å²) in [5, 5.41) is 5.64. The first kappa shape index (κ1) is 17.7. The Kier molecular flexibility index (Phi) is 5.01. The summed E-state index contributed by atoms with van der Waals surface area (Å²) < 4.78 is 0. The van der Waals surface area contributed by atoms with Crippen LogP contribution in [0.1, 0.15) is 12.5 Å². The van der Waals surface area contributed by atoms with Crippen molar-refractivity contribution in [3.63, 3.8) is 0 Å². The molecule has 0 aliphatic rings. The second kappa shape index (κ2) is 7.92. The third-order valence-electron chi connectivity index (χ3n) is 4.67. The quantitative estimate of drug-likeness (QED) is 0.524. The molecule has 0 saturated carbocycles. The minimum absolute atomic E-state index is 0.529. The van der Waals surface area contributed by atoms with E-state index in [4.69, 9.17) is 5.73 Å². The van der Waals surface area contributed by atoms with Crippen molar-refractivity contribution in [2.24, 2.45) is 0 Å². The SMILES string of the molecule is CCN(c1ncnc(NCc2cccnc2)c1N)c1cccc2ccccc12. The van der Waals surface area contributed by atoms with Gasteiger partial charge in [0.15, 0.2) is 11.6 Å². The Morgan fingerprint density at radius 3 is 2.68 bits per heavy atom. The summed E-state index contributed by atoms with van der Waals surface area (Å²) in [7, 11) is 0. The highest BCUT2D eigenvalue weighted by molar-refractivity contribution is 5.97. The topological polar surface area (TPSA) is 80.0 Å². The van der Waals surface area contributed by atoms with E-state index in [-0.39, 0.29) is 0 Å². The molecule has 0 radical (unpaired) electrons. The number of nitrogens with two attached hydrogens (primary N) is 1. The Morgan fingerprint density at radius 2 is 1.86 bits per heavy atom. The zero-order valence-electron chi connectivity index (χ0n) is 15.7. The van der Waals surface area contributed by atoms with Crippen LogP contribution in [-0.4, -0.2) is 21.5 Å². The molecule has 140 valence electrons. The fourth-order valence-electron chi connectivity index (χ4n) is 3.31. The predicted octanol–water partition coefficient (Wildman–Crippen LogP) is 4.38. The molecule has 2 aromatic heterocycles. The first-order valence-corrected chi connectivity index (χ1v) is 9.26. The van der Waals surface area contributed by atoms with Gasteiger partial charge < -0.3 is 16.0 Å². The van der Waals surface area contributed by atoms with Crippen molar-refractivity contribution < 1.29 is 0 Å². The maximum atomic E-state index is 6.46. The smallest absolute Gasteiger partial charge is 0.161 e. The van der Waals surface area contributed by atoms with Crippen molar-refractivity contribution in [3.05, 3.63) is 78.9 Å². The van der Waals surface area contributed by atoms with Crippen molar-refractivity contribution in [1.29, 1.82) is 0 Å². The average Bonchev–Trinajstić information content (AvgIpc) is 2.75. The molecule has 0 amide bonds. The van der Waals surface area contributed by atoms with E-state index in [9.17, 15) is 0 Å². The average molecular weight is 370 g/mol. The maximum absolute atomic E-state index is 6.46. The molecule has 28 heavy (non-hydrogen) atoms. The molecule has 6 heteroatoms. The van der Waals surface area contributed by atoms with Crippen LogP contribution < -0.4 is 16.0 Å². The number of aromatic nitrogens is 3. The van der Waals surface area contributed by atoms with Crippen LogP contribution in [-0.2, 0) is 6.54 Å². The molecule has 0 atom stereocenters. The third kappa shape index (κ3) is 3.44. The number of benzene rings is 2. The number of hydrogen-bond donors (Lipinski definition) is 2. The van der Waals surface area contributed by atoms with E-state index >= 15 is 0 Å². The fourth-order valence-corrected chi connectivity index (χ4v) is 3.31. The Balaban J connectivity index is 1.69. The van der Waals surface area contributed by atoms with Crippen molar-refractivity contribution in [2.45, 2.75) is 13.5 Å². The Morgan fingerprint density at radius 1 is 1.00 bits per heavy atom. The van der Waals surface area contributed by atoms with Gasteiger partial charge in [0.05, 0.1) is 5.69 Å². The Bertz CT molecular complexity index is 1080. The van der Waals surface area contributed by atoms with E-state index in [1.54, 1.807) is 12.5 Å². The maximum Gasteiger partial charge on any atom is 0.161 e. The zero-order valence-corrected chi connectivity index (χ0v) is 15.7. The molecule has 0 saturated heterocycles. The van der Waals surface area contributed by atoms with Crippen LogP contribution in [0, 0.1) is 0 Å². The molecule has 6 nitrogen and oxygen atoms in total. The highest BCUT2D eigenvalue weighted by atomic mass is 15.2. The largest absolute Gasteiger partial charge is 0.393 e. The highest BCUT2D eigenvalue weighted by Gasteiger charge is 2.17. The molecule has 4 aromatic rings. The van der Waals surface area contributed by atoms with E-state index in [2.05, 4.69) is 62.4 Å². The molecule has 4 rings (SSSR count). The summed E-state index contributed by atoms with van der Waals surface area (Å²) in [5.41, 5.74) is 9.12. The third-order valence-corrected chi connectivity index (χ3v) is 4.67. The van der Waals surface area contributed by atoms with Crippen LogP contribution in [0.25, 0.3) is 10.8 Å². The molecule has 0 spiro atoms. The van der Waals surface area contributed by atoms with Crippen molar-refractivity contribution in [2.75, 3.05) is 22.5 Å². The minimum Gasteiger partial charge on any atom is -0.393 e. The molecular weight excluding hydrogens is 348 g/mol. The number of anilines is 4. The number of rotatable bonds is 6. The number of nitrogen functional groups attached to an aromatic ring is 1. The second-order valence-corrected chi connectivity index (χ2v) is 6.42. The normalized spacial score (nSPS) is 10.8. The van der Waals surface area contributed by atoms with Crippen LogP contribution >= 0.6 is 0 Å². The first-order valence-electron chi connectivity index (χ1n) is 9.26. The summed E-state index contributed by atoms with van der Waals surface area (Å²) in [4.78, 5) is 15.1. The first-order chi connectivity index (χ1) is 13.8. The molecule has 2 heterocycles. The van der Waals surface area contributed by atoms with Gasteiger partial charge in [-0.25, -0.2) is 9.97 Å². The van der Waals surface area contributed by atoms with Gasteiger partial charge in [0, 0.05) is 30.9 Å². The summed E-state index contributed by atoms with van der Waals surface area (Å²) in [6.45, 7) is 3.41. The lowest BCUT2D eigenvalue weighted by Gasteiger charge is -2.25. The lowest BCUT2D eigenvalue weighted by molar-refractivity contribution is 0.979. The van der Waals surface area contributed by atoms with Crippen molar-refractivity contribution >= 4 is 33.8 Å². The van der Waals surface area contributed by atoms with Crippen LogP contribution in [0.3, 0.4) is 0 Å². The van der Waals surface area contributed by atoms with Crippen molar-refractivity contribution in [1.82, 2.24) is 15.0 Å². The summed E-state index contributed by atoms with van der Waals surface area (Å²) in [5.74, 6) is 1.31. The molecule has 0 fully saturated rings. The predicted molar refractivity (Wildman–Crippen MR) is 115 cm³/mol. The van der Waals surface area contributed by atoms with Crippen LogP contribution in [0.5, 0.6) is 0 Å². The molecule has 2 aromatic carbocycles. The van der Waals surface area contributed by atoms with E-state index in [1.807, 2.05) is 30.5 Å². The van der Waals surface area contributed by atoms with Gasteiger partial charge in [-0.15, -0.1) is 0 Å². The molecule has 3 N–H and O–H groups in total. The minimum atomic E-state index is 0.529. The van der Waals surface area contributed by atoms with Crippen LogP contribution in [0.2, 0.25) is 0 Å². The number of hydrogen-bond acceptors (Lipinski definition) is 6. The van der Waals surface area contributed by atoms with E-state index < -0.39 is 0 Å². The molecule has 0 aliphatic carbocycles. The lowest BCUT2D eigenvalue weighted by Crippen LogP contribution is -2.20. The number of fused-ring (bicyclic) bond motifs is 1. The molecule has 0 aliphatic heterocycles. The second-order valence-electron chi connectivity index (χ2n) is 6.42. The fraction of sp³-hybridized carbons (Fsp3) is 0.136. The summed E-state index contributed by atoms with van der Waals surface area (Å²) in [6.07, 6.45) is 5.12. The van der Waals surface area contributed by atoms with Gasteiger partial charge in [-0.3, -0.25) is 4.98 Å². The van der Waals surface area contributed by atoms with E-state index in [0.29, 0.717) is 23.9 Å². The van der Waals surface area contributed by atoms with E-state index in [0.717, 1.165) is 23.2 Å². The van der Waals surface area contributed by atoms with Gasteiger partial charge in [-0.1, -0.05) is 42.5 Å². The summed E-state index contributed by atoms with van der Waals surface area (Å²) in [6, 6.07) is 18.5. The molecule has 0 unspecified atom stereocenters. The number of pyridine rings is 1. The van der Waals surface area contributed by atoms with Crippen molar-refractivity contribution in [3.8, 4) is 0 Å². The van der Waals surface area contributed by atoms with Gasteiger partial charge in [0.25, 0.3) is 0 Å². The molecular formula is C22H22N6. The lowest BCUT2D eigenvalue weighted by atomic mass is 10.1. The van der Waals surface area contributed by atoms with Crippen LogP contribution in [0.15, 0.2) is 73.3 Å². The summed E-state index contributed by atoms with van der Waals surface area (Å²) >= 11 is 0. The van der Waals surface area contributed by atoms with Gasteiger partial charge >= 0.3 is 0 Å². The number of nitrogens with one attached hydrogen (secondary N) is 1. The monoisotopic (exact) mass is 370 g/mol. The standard InChI is InChI=1S/C22H22N6/c1-2-28(19-11-5-9-17-8-3-4-10-18(17)19)22-20(23)21(26-15-27-22)25-14-16-7-6-12-24-13-16/h3-13,15H,2,14,23H2,1H3,(H,25,26,27). The van der Waals surface area contributed by atoms with Gasteiger partial charge in [-0.05, 0) is 30.0 Å². The van der Waals surface area contributed by atoms with Gasteiger partial charge in [0.2, 0.25) is 0 Å². The molecule has 0 bridgehead atoms.